The van der Waals surface area contributed by atoms with E-state index in [0.717, 1.165) is 29.8 Å². The van der Waals surface area contributed by atoms with E-state index in [9.17, 15) is 0 Å². The Kier molecular flexibility index (Phi) is 4.34. The zero-order valence-electron chi connectivity index (χ0n) is 9.86. The second kappa shape index (κ2) is 5.98. The van der Waals surface area contributed by atoms with E-state index in [0.29, 0.717) is 0 Å². The lowest BCUT2D eigenvalue weighted by molar-refractivity contribution is 0.616. The summed E-state index contributed by atoms with van der Waals surface area (Å²) in [5.41, 5.74) is 2.34. The summed E-state index contributed by atoms with van der Waals surface area (Å²) in [5, 5.41) is 3.32. The second-order valence-electron chi connectivity index (χ2n) is 3.84. The minimum atomic E-state index is 0.940. The molecule has 0 radical (unpaired) electrons. The van der Waals surface area contributed by atoms with Gasteiger partial charge in [0, 0.05) is 23.1 Å². The Hall–Kier alpha value is -1.13. The van der Waals surface area contributed by atoms with E-state index >= 15 is 0 Å². The first-order chi connectivity index (χ1) is 8.31. The predicted molar refractivity (Wildman–Crippen MR) is 73.9 cm³/mol. The molecule has 2 rings (SSSR count). The number of aromatic nitrogens is 2. The second-order valence-corrected chi connectivity index (χ2v) is 4.75. The molecule has 0 bridgehead atoms. The van der Waals surface area contributed by atoms with Crippen LogP contribution in [0.1, 0.15) is 6.92 Å². The molecule has 0 saturated carbocycles. The minimum Gasteiger partial charge on any atom is -0.329 e. The third kappa shape index (κ3) is 3.17. The smallest absolute Gasteiger partial charge is 0.0951 e. The molecule has 0 fully saturated rings. The Balaban J connectivity index is 2.18. The normalized spacial score (nSPS) is 10.7. The molecule has 0 aliphatic rings. The molecular formula is C13H16BrN3. The first-order valence-electron chi connectivity index (χ1n) is 5.78. The van der Waals surface area contributed by atoms with E-state index in [4.69, 9.17) is 0 Å². The molecule has 90 valence electrons. The Morgan fingerprint density at radius 3 is 3.06 bits per heavy atom. The van der Waals surface area contributed by atoms with Crippen molar-refractivity contribution in [3.8, 4) is 11.3 Å². The third-order valence-corrected chi connectivity index (χ3v) is 3.11. The number of nitrogens with zero attached hydrogens (tertiary/aromatic N) is 2. The Morgan fingerprint density at radius 2 is 2.29 bits per heavy atom. The number of hydrogen-bond acceptors (Lipinski definition) is 2. The summed E-state index contributed by atoms with van der Waals surface area (Å²) in [6.45, 7) is 5.02. The van der Waals surface area contributed by atoms with Gasteiger partial charge in [0.1, 0.15) is 0 Å². The quantitative estimate of drug-likeness (QED) is 0.859. The van der Waals surface area contributed by atoms with Crippen molar-refractivity contribution in [2.24, 2.45) is 0 Å². The van der Waals surface area contributed by atoms with Gasteiger partial charge in [-0.1, -0.05) is 35.0 Å². The topological polar surface area (TPSA) is 29.9 Å². The van der Waals surface area contributed by atoms with E-state index < -0.39 is 0 Å². The Labute approximate surface area is 110 Å². The number of rotatable bonds is 5. The zero-order chi connectivity index (χ0) is 12.1. The van der Waals surface area contributed by atoms with Gasteiger partial charge in [0.15, 0.2) is 0 Å². The van der Waals surface area contributed by atoms with Gasteiger partial charge in [-0.25, -0.2) is 4.98 Å². The number of benzene rings is 1. The van der Waals surface area contributed by atoms with Crippen LogP contribution in [0.15, 0.2) is 41.3 Å². The monoisotopic (exact) mass is 293 g/mol. The standard InChI is InChI=1S/C13H16BrN3/c1-2-15-6-7-17-10-16-9-13(17)11-4-3-5-12(14)8-11/h3-5,8-10,15H,2,6-7H2,1H3. The van der Waals surface area contributed by atoms with Gasteiger partial charge in [0.2, 0.25) is 0 Å². The minimum absolute atomic E-state index is 0.940. The molecule has 0 aliphatic carbocycles. The summed E-state index contributed by atoms with van der Waals surface area (Å²) in [6, 6.07) is 8.29. The fourth-order valence-electron chi connectivity index (χ4n) is 1.76. The van der Waals surface area contributed by atoms with Crippen LogP contribution in [-0.4, -0.2) is 22.6 Å². The highest BCUT2D eigenvalue weighted by Crippen LogP contribution is 2.22. The molecule has 0 amide bonds. The van der Waals surface area contributed by atoms with Gasteiger partial charge in [-0.2, -0.15) is 0 Å². The molecule has 3 nitrogen and oxygen atoms in total. The lowest BCUT2D eigenvalue weighted by Gasteiger charge is -2.08. The lowest BCUT2D eigenvalue weighted by atomic mass is 10.2. The molecule has 1 aromatic heterocycles. The predicted octanol–water partition coefficient (Wildman–Crippen LogP) is 2.92. The number of imidazole rings is 1. The lowest BCUT2D eigenvalue weighted by Crippen LogP contribution is -2.19. The summed E-state index contributed by atoms with van der Waals surface area (Å²) >= 11 is 3.49. The highest BCUT2D eigenvalue weighted by Gasteiger charge is 2.04. The SMILES string of the molecule is CCNCCn1cncc1-c1cccc(Br)c1. The number of nitrogens with one attached hydrogen (secondary N) is 1. The van der Waals surface area contributed by atoms with Gasteiger partial charge in [-0.05, 0) is 18.7 Å². The molecule has 0 spiro atoms. The fourth-order valence-corrected chi connectivity index (χ4v) is 2.16. The first-order valence-corrected chi connectivity index (χ1v) is 6.57. The van der Waals surface area contributed by atoms with Crippen LogP contribution in [0.4, 0.5) is 0 Å². The van der Waals surface area contributed by atoms with E-state index in [-0.39, 0.29) is 0 Å². The molecule has 1 aromatic carbocycles. The summed E-state index contributed by atoms with van der Waals surface area (Å²) in [7, 11) is 0. The van der Waals surface area contributed by atoms with E-state index in [2.05, 4.69) is 49.9 Å². The van der Waals surface area contributed by atoms with Crippen LogP contribution in [-0.2, 0) is 6.54 Å². The fraction of sp³-hybridized carbons (Fsp3) is 0.308. The van der Waals surface area contributed by atoms with Gasteiger partial charge < -0.3 is 9.88 Å². The largest absolute Gasteiger partial charge is 0.329 e. The molecule has 0 aliphatic heterocycles. The van der Waals surface area contributed by atoms with Crippen molar-refractivity contribution in [3.63, 3.8) is 0 Å². The average Bonchev–Trinajstić information content (AvgIpc) is 2.78. The molecule has 1 N–H and O–H groups in total. The van der Waals surface area contributed by atoms with E-state index in [1.165, 1.54) is 5.56 Å². The first kappa shape index (κ1) is 12.3. The van der Waals surface area contributed by atoms with Gasteiger partial charge in [-0.15, -0.1) is 0 Å². The van der Waals surface area contributed by atoms with Crippen molar-refractivity contribution in [1.29, 1.82) is 0 Å². The van der Waals surface area contributed by atoms with Crippen molar-refractivity contribution in [3.05, 3.63) is 41.3 Å². The van der Waals surface area contributed by atoms with Crippen molar-refractivity contribution >= 4 is 15.9 Å². The maximum absolute atomic E-state index is 4.23. The maximum Gasteiger partial charge on any atom is 0.0951 e. The van der Waals surface area contributed by atoms with Gasteiger partial charge in [-0.3, -0.25) is 0 Å². The van der Waals surface area contributed by atoms with Crippen molar-refractivity contribution in [2.45, 2.75) is 13.5 Å². The highest BCUT2D eigenvalue weighted by atomic mass is 79.9. The van der Waals surface area contributed by atoms with Crippen LogP contribution < -0.4 is 5.32 Å². The van der Waals surface area contributed by atoms with Crippen molar-refractivity contribution in [1.82, 2.24) is 14.9 Å². The average molecular weight is 294 g/mol. The molecule has 0 saturated heterocycles. The summed E-state index contributed by atoms with van der Waals surface area (Å²) in [6.07, 6.45) is 3.79. The van der Waals surface area contributed by atoms with E-state index in [1.807, 2.05) is 24.7 Å². The number of hydrogen-bond donors (Lipinski definition) is 1. The van der Waals surface area contributed by atoms with Crippen LogP contribution in [0.2, 0.25) is 0 Å². The maximum atomic E-state index is 4.23. The molecule has 1 heterocycles. The molecule has 0 atom stereocenters. The Bertz CT molecular complexity index is 479. The van der Waals surface area contributed by atoms with Gasteiger partial charge >= 0.3 is 0 Å². The molecule has 0 unspecified atom stereocenters. The van der Waals surface area contributed by atoms with Crippen LogP contribution >= 0.6 is 15.9 Å². The van der Waals surface area contributed by atoms with Crippen LogP contribution in [0.5, 0.6) is 0 Å². The molecular weight excluding hydrogens is 278 g/mol. The van der Waals surface area contributed by atoms with Crippen molar-refractivity contribution in [2.75, 3.05) is 13.1 Å². The molecule has 2 aromatic rings. The van der Waals surface area contributed by atoms with Crippen LogP contribution in [0.3, 0.4) is 0 Å². The number of likely N-dealkylation sites (N-methyl/N-ethyl adjacent to an activating group) is 1. The van der Waals surface area contributed by atoms with E-state index in [1.54, 1.807) is 0 Å². The number of halogens is 1. The summed E-state index contributed by atoms with van der Waals surface area (Å²) in [4.78, 5) is 4.23. The zero-order valence-corrected chi connectivity index (χ0v) is 11.4. The summed E-state index contributed by atoms with van der Waals surface area (Å²) < 4.78 is 3.26. The molecule has 4 heteroatoms. The van der Waals surface area contributed by atoms with Crippen LogP contribution in [0.25, 0.3) is 11.3 Å². The van der Waals surface area contributed by atoms with Crippen molar-refractivity contribution < 1.29 is 0 Å². The molecule has 17 heavy (non-hydrogen) atoms. The van der Waals surface area contributed by atoms with Gasteiger partial charge in [0.05, 0.1) is 18.2 Å². The van der Waals surface area contributed by atoms with Crippen LogP contribution in [0, 0.1) is 0 Å². The Morgan fingerprint density at radius 1 is 1.41 bits per heavy atom. The highest BCUT2D eigenvalue weighted by molar-refractivity contribution is 9.10. The third-order valence-electron chi connectivity index (χ3n) is 2.61. The summed E-state index contributed by atoms with van der Waals surface area (Å²) in [5.74, 6) is 0. The van der Waals surface area contributed by atoms with Gasteiger partial charge in [0.25, 0.3) is 0 Å².